The molecule has 24 heavy (non-hydrogen) atoms. The minimum absolute atomic E-state index is 0.0491. The zero-order valence-electron chi connectivity index (χ0n) is 15.9. The van der Waals surface area contributed by atoms with Crippen molar-refractivity contribution in [3.8, 4) is 0 Å². The number of rotatable bonds is 2. The first-order chi connectivity index (χ1) is 11.2. The maximum atomic E-state index is 13.4. The van der Waals surface area contributed by atoms with Crippen LogP contribution in [0.2, 0.25) is 0 Å². The minimum Gasteiger partial charge on any atom is -0.381 e. The molecule has 3 aliphatic carbocycles. The second kappa shape index (κ2) is 5.52. The Labute approximate surface area is 146 Å². The van der Waals surface area contributed by atoms with Gasteiger partial charge in [-0.2, -0.15) is 0 Å². The molecule has 0 heterocycles. The van der Waals surface area contributed by atoms with Gasteiger partial charge >= 0.3 is 0 Å². The smallest absolute Gasteiger partial charge is 0.145 e. The average molecular weight is 332 g/mol. The van der Waals surface area contributed by atoms with Crippen molar-refractivity contribution in [1.82, 2.24) is 0 Å². The van der Waals surface area contributed by atoms with E-state index < -0.39 is 5.41 Å². The van der Waals surface area contributed by atoms with E-state index in [2.05, 4.69) is 27.4 Å². The van der Waals surface area contributed by atoms with Crippen molar-refractivity contribution >= 4 is 11.6 Å². The number of hydrogen-bond donors (Lipinski definition) is 0. The molecule has 0 aromatic carbocycles. The van der Waals surface area contributed by atoms with Crippen LogP contribution in [0.5, 0.6) is 0 Å². The van der Waals surface area contributed by atoms with E-state index in [0.29, 0.717) is 24.5 Å². The van der Waals surface area contributed by atoms with Crippen molar-refractivity contribution in [2.75, 3.05) is 7.11 Å². The molecule has 3 heteroatoms. The first kappa shape index (κ1) is 17.8. The predicted molar refractivity (Wildman–Crippen MR) is 94.6 cm³/mol. The standard InChI is InChI=1S/C21H32O3/c1-7-19(4)12-16(24-6)20(5)13(2)8-10-21(14(3)18(19)23)11-9-15(22)17(20)21/h7,13-14,16-17H,1,8-12H2,2-6H3/t13-,14+,16-,17-,19-,20-,21-/m1/s1. The van der Waals surface area contributed by atoms with Crippen molar-refractivity contribution in [1.29, 1.82) is 0 Å². The quantitative estimate of drug-likeness (QED) is 0.712. The molecule has 0 spiro atoms. The molecule has 3 aliphatic rings. The van der Waals surface area contributed by atoms with E-state index >= 15 is 0 Å². The van der Waals surface area contributed by atoms with Crippen molar-refractivity contribution in [2.24, 2.45) is 34.0 Å². The van der Waals surface area contributed by atoms with Crippen molar-refractivity contribution in [3.63, 3.8) is 0 Å². The molecule has 0 N–H and O–H groups in total. The topological polar surface area (TPSA) is 43.4 Å². The van der Waals surface area contributed by atoms with Crippen LogP contribution >= 0.6 is 0 Å². The summed E-state index contributed by atoms with van der Waals surface area (Å²) in [5.74, 6) is 0.870. The van der Waals surface area contributed by atoms with Gasteiger partial charge in [-0.15, -0.1) is 6.58 Å². The van der Waals surface area contributed by atoms with Gasteiger partial charge in [0, 0.05) is 36.2 Å². The molecule has 3 rings (SSSR count). The summed E-state index contributed by atoms with van der Waals surface area (Å²) in [7, 11) is 1.73. The molecule has 2 bridgehead atoms. The van der Waals surface area contributed by atoms with E-state index in [1.807, 2.05) is 13.0 Å². The van der Waals surface area contributed by atoms with Crippen LogP contribution in [0.3, 0.4) is 0 Å². The number of carbonyl (C=O) groups is 2. The van der Waals surface area contributed by atoms with Gasteiger partial charge in [0.15, 0.2) is 0 Å². The van der Waals surface area contributed by atoms with Crippen molar-refractivity contribution in [3.05, 3.63) is 12.7 Å². The van der Waals surface area contributed by atoms with E-state index in [1.54, 1.807) is 7.11 Å². The average Bonchev–Trinajstić information content (AvgIpc) is 2.92. The summed E-state index contributed by atoms with van der Waals surface area (Å²) in [6.07, 6.45) is 5.87. The maximum absolute atomic E-state index is 13.4. The molecular weight excluding hydrogens is 300 g/mol. The molecule has 0 saturated heterocycles. The largest absolute Gasteiger partial charge is 0.381 e. The summed E-state index contributed by atoms with van der Waals surface area (Å²) >= 11 is 0. The second-order valence-electron chi connectivity index (χ2n) is 9.07. The highest BCUT2D eigenvalue weighted by Crippen LogP contribution is 2.67. The number of ketones is 2. The lowest BCUT2D eigenvalue weighted by Gasteiger charge is -2.60. The van der Waals surface area contributed by atoms with Crippen LogP contribution in [0.15, 0.2) is 12.7 Å². The van der Waals surface area contributed by atoms with Crippen LogP contribution in [0.25, 0.3) is 0 Å². The molecule has 134 valence electrons. The summed E-state index contributed by atoms with van der Waals surface area (Å²) < 4.78 is 5.97. The number of allylic oxidation sites excluding steroid dienone is 1. The maximum Gasteiger partial charge on any atom is 0.145 e. The Bertz CT molecular complexity index is 582. The predicted octanol–water partition coefficient (Wildman–Crippen LogP) is 4.20. The van der Waals surface area contributed by atoms with Crippen LogP contribution in [0.4, 0.5) is 0 Å². The molecule has 0 radical (unpaired) electrons. The van der Waals surface area contributed by atoms with E-state index in [-0.39, 0.29) is 34.6 Å². The molecule has 0 aromatic rings. The first-order valence-corrected chi connectivity index (χ1v) is 9.41. The Kier molecular flexibility index (Phi) is 4.11. The summed E-state index contributed by atoms with van der Waals surface area (Å²) in [4.78, 5) is 26.4. The first-order valence-electron chi connectivity index (χ1n) is 9.41. The molecule has 3 nitrogen and oxygen atoms in total. The number of carbonyl (C=O) groups excluding carboxylic acids is 2. The van der Waals surface area contributed by atoms with Gasteiger partial charge in [-0.3, -0.25) is 9.59 Å². The van der Waals surface area contributed by atoms with Gasteiger partial charge in [-0.05, 0) is 43.9 Å². The molecule has 7 atom stereocenters. The lowest BCUT2D eigenvalue weighted by molar-refractivity contribution is -0.180. The van der Waals surface area contributed by atoms with Crippen LogP contribution in [-0.4, -0.2) is 24.8 Å². The number of methoxy groups -OCH3 is 1. The van der Waals surface area contributed by atoms with Crippen LogP contribution in [0, 0.1) is 34.0 Å². The Morgan fingerprint density at radius 2 is 1.88 bits per heavy atom. The zero-order chi connectivity index (χ0) is 17.9. The monoisotopic (exact) mass is 332 g/mol. The Balaban J connectivity index is 2.24. The van der Waals surface area contributed by atoms with E-state index in [4.69, 9.17) is 4.74 Å². The summed E-state index contributed by atoms with van der Waals surface area (Å²) in [5.41, 5.74) is -0.973. The van der Waals surface area contributed by atoms with E-state index in [1.165, 1.54) is 0 Å². The normalized spacial score (nSPS) is 51.7. The molecule has 0 aromatic heterocycles. The van der Waals surface area contributed by atoms with E-state index in [0.717, 1.165) is 19.3 Å². The molecule has 0 amide bonds. The Morgan fingerprint density at radius 3 is 2.46 bits per heavy atom. The molecule has 3 fully saturated rings. The minimum atomic E-state index is -0.581. The SMILES string of the molecule is C=C[C@]1(C)C[C@@H](OC)[C@@]2(C)[C@H](C)CC[C@@]3(CCC(=O)[C@@H]32)[C@@H](C)C1=O. The van der Waals surface area contributed by atoms with Crippen LogP contribution in [0.1, 0.15) is 59.8 Å². The van der Waals surface area contributed by atoms with Gasteiger partial charge in [0.1, 0.15) is 11.6 Å². The van der Waals surface area contributed by atoms with Crippen LogP contribution < -0.4 is 0 Å². The van der Waals surface area contributed by atoms with E-state index in [9.17, 15) is 9.59 Å². The lowest BCUT2D eigenvalue weighted by atomic mass is 9.44. The highest BCUT2D eigenvalue weighted by atomic mass is 16.5. The second-order valence-corrected chi connectivity index (χ2v) is 9.07. The Morgan fingerprint density at radius 1 is 1.21 bits per heavy atom. The zero-order valence-corrected chi connectivity index (χ0v) is 15.9. The summed E-state index contributed by atoms with van der Waals surface area (Å²) in [5, 5.41) is 0. The molecule has 0 aliphatic heterocycles. The highest BCUT2D eigenvalue weighted by Gasteiger charge is 2.67. The number of Topliss-reactive ketones (excluding diaryl/α,β-unsaturated/α-hetero) is 2. The lowest BCUT2D eigenvalue weighted by Crippen LogP contribution is -2.61. The fourth-order valence-electron chi connectivity index (χ4n) is 6.45. The third-order valence-electron chi connectivity index (χ3n) is 8.32. The fourth-order valence-corrected chi connectivity index (χ4v) is 6.45. The Hall–Kier alpha value is -0.960. The van der Waals surface area contributed by atoms with Gasteiger partial charge in [-0.25, -0.2) is 0 Å². The molecule has 3 saturated carbocycles. The highest BCUT2D eigenvalue weighted by molar-refractivity contribution is 5.92. The van der Waals surface area contributed by atoms with Gasteiger partial charge in [0.2, 0.25) is 0 Å². The summed E-state index contributed by atoms with van der Waals surface area (Å²) in [6, 6.07) is 0. The molecular formula is C21H32O3. The van der Waals surface area contributed by atoms with Gasteiger partial charge in [0.25, 0.3) is 0 Å². The van der Waals surface area contributed by atoms with Gasteiger partial charge < -0.3 is 4.74 Å². The number of hydrogen-bond acceptors (Lipinski definition) is 3. The summed E-state index contributed by atoms with van der Waals surface area (Å²) in [6.45, 7) is 12.6. The third kappa shape index (κ3) is 2.00. The number of ether oxygens (including phenoxy) is 1. The molecule has 0 unspecified atom stereocenters. The van der Waals surface area contributed by atoms with Crippen molar-refractivity contribution < 1.29 is 14.3 Å². The van der Waals surface area contributed by atoms with Gasteiger partial charge in [-0.1, -0.05) is 26.8 Å². The van der Waals surface area contributed by atoms with Crippen LogP contribution in [-0.2, 0) is 14.3 Å². The van der Waals surface area contributed by atoms with Crippen molar-refractivity contribution in [2.45, 2.75) is 65.9 Å². The third-order valence-corrected chi connectivity index (χ3v) is 8.32. The fraction of sp³-hybridized carbons (Fsp3) is 0.810. The van der Waals surface area contributed by atoms with Gasteiger partial charge in [0.05, 0.1) is 6.10 Å².